The van der Waals surface area contributed by atoms with Gasteiger partial charge in [-0.3, -0.25) is 9.58 Å². The van der Waals surface area contributed by atoms with Gasteiger partial charge in [-0.05, 0) is 53.4 Å². The molecular formula is C22H32N6. The normalized spacial score (nSPS) is 24.4. The van der Waals surface area contributed by atoms with Crippen LogP contribution in [0.25, 0.3) is 0 Å². The van der Waals surface area contributed by atoms with Gasteiger partial charge in [-0.15, -0.1) is 0 Å². The summed E-state index contributed by atoms with van der Waals surface area (Å²) < 4.78 is 2.18. The van der Waals surface area contributed by atoms with E-state index in [9.17, 15) is 0 Å². The van der Waals surface area contributed by atoms with Crippen molar-refractivity contribution >= 4 is 5.95 Å². The fourth-order valence-corrected chi connectivity index (χ4v) is 5.49. The molecule has 5 heterocycles. The summed E-state index contributed by atoms with van der Waals surface area (Å²) in [5.74, 6) is 0.953. The quantitative estimate of drug-likeness (QED) is 0.809. The van der Waals surface area contributed by atoms with Gasteiger partial charge in [0.15, 0.2) is 0 Å². The molecule has 3 aliphatic heterocycles. The smallest absolute Gasteiger partial charge is 0.225 e. The molecule has 2 aromatic rings. The first-order valence-corrected chi connectivity index (χ1v) is 10.9. The largest absolute Gasteiger partial charge is 0.341 e. The topological polar surface area (TPSA) is 50.1 Å². The first kappa shape index (κ1) is 18.1. The molecule has 2 aromatic heterocycles. The first-order valence-electron chi connectivity index (χ1n) is 10.9. The highest BCUT2D eigenvalue weighted by molar-refractivity contribution is 5.38. The molecule has 2 bridgehead atoms. The second-order valence-corrected chi connectivity index (χ2v) is 9.08. The number of hydrogen-bond donors (Lipinski definition) is 0. The maximum atomic E-state index is 5.01. The minimum Gasteiger partial charge on any atom is -0.341 e. The maximum Gasteiger partial charge on any atom is 0.225 e. The summed E-state index contributed by atoms with van der Waals surface area (Å²) in [7, 11) is 0. The summed E-state index contributed by atoms with van der Waals surface area (Å²) in [6.45, 7) is 12.0. The van der Waals surface area contributed by atoms with Crippen molar-refractivity contribution in [1.29, 1.82) is 0 Å². The van der Waals surface area contributed by atoms with E-state index < -0.39 is 0 Å². The van der Waals surface area contributed by atoms with Crippen molar-refractivity contribution < 1.29 is 0 Å². The summed E-state index contributed by atoms with van der Waals surface area (Å²) in [5.41, 5.74) is 6.56. The van der Waals surface area contributed by atoms with Crippen LogP contribution in [0.2, 0.25) is 0 Å². The van der Waals surface area contributed by atoms with Gasteiger partial charge >= 0.3 is 0 Å². The minimum atomic E-state index is 0.406. The van der Waals surface area contributed by atoms with Crippen LogP contribution in [0.4, 0.5) is 5.95 Å². The molecule has 2 fully saturated rings. The molecule has 0 aliphatic carbocycles. The fourth-order valence-electron chi connectivity index (χ4n) is 5.49. The van der Waals surface area contributed by atoms with Gasteiger partial charge in [-0.2, -0.15) is 5.10 Å². The van der Waals surface area contributed by atoms with Gasteiger partial charge in [-0.1, -0.05) is 0 Å². The lowest BCUT2D eigenvalue weighted by Crippen LogP contribution is -2.38. The zero-order valence-corrected chi connectivity index (χ0v) is 17.6. The van der Waals surface area contributed by atoms with E-state index in [0.29, 0.717) is 18.1 Å². The summed E-state index contributed by atoms with van der Waals surface area (Å²) in [4.78, 5) is 14.8. The SMILES string of the molecule is Cc1nn(C(C)C)c(C)c1CN1[C@H]2CC[C@H]1c1cnc(N3CCCC3)nc1C2. The monoisotopic (exact) mass is 380 g/mol. The fraction of sp³-hybridized carbons (Fsp3) is 0.682. The molecule has 0 radical (unpaired) electrons. The molecule has 0 saturated carbocycles. The molecular weight excluding hydrogens is 348 g/mol. The third-order valence-electron chi connectivity index (χ3n) is 7.01. The molecule has 6 heteroatoms. The van der Waals surface area contributed by atoms with Gasteiger partial charge in [0.2, 0.25) is 5.95 Å². The van der Waals surface area contributed by atoms with Gasteiger partial charge in [0.25, 0.3) is 0 Å². The van der Waals surface area contributed by atoms with Crippen molar-refractivity contribution in [3.8, 4) is 0 Å². The first-order chi connectivity index (χ1) is 13.5. The van der Waals surface area contributed by atoms with Crippen LogP contribution in [-0.4, -0.2) is 43.8 Å². The Kier molecular flexibility index (Phi) is 4.42. The number of fused-ring (bicyclic) bond motifs is 4. The molecule has 28 heavy (non-hydrogen) atoms. The number of aryl methyl sites for hydroxylation is 1. The Morgan fingerprint density at radius 1 is 1.14 bits per heavy atom. The third-order valence-corrected chi connectivity index (χ3v) is 7.01. The zero-order chi connectivity index (χ0) is 19.4. The number of hydrogen-bond acceptors (Lipinski definition) is 5. The Hall–Kier alpha value is -1.95. The van der Waals surface area contributed by atoms with E-state index in [2.05, 4.69) is 48.4 Å². The van der Waals surface area contributed by atoms with E-state index in [4.69, 9.17) is 15.1 Å². The minimum absolute atomic E-state index is 0.406. The summed E-state index contributed by atoms with van der Waals surface area (Å²) >= 11 is 0. The van der Waals surface area contributed by atoms with E-state index in [1.807, 2.05) is 0 Å². The average Bonchev–Trinajstić information content (AvgIpc) is 3.36. The third kappa shape index (κ3) is 2.84. The van der Waals surface area contributed by atoms with Crippen LogP contribution in [0.3, 0.4) is 0 Å². The van der Waals surface area contributed by atoms with Crippen molar-refractivity contribution in [3.63, 3.8) is 0 Å². The second-order valence-electron chi connectivity index (χ2n) is 9.08. The van der Waals surface area contributed by atoms with Crippen LogP contribution in [0.1, 0.15) is 79.8 Å². The van der Waals surface area contributed by atoms with Gasteiger partial charge in [0.1, 0.15) is 0 Å². The molecule has 2 atom stereocenters. The second kappa shape index (κ2) is 6.83. The summed E-state index contributed by atoms with van der Waals surface area (Å²) in [6.07, 6.45) is 8.21. The molecule has 0 spiro atoms. The Morgan fingerprint density at radius 2 is 1.93 bits per heavy atom. The van der Waals surface area contributed by atoms with E-state index in [0.717, 1.165) is 32.0 Å². The Balaban J connectivity index is 1.42. The van der Waals surface area contributed by atoms with Gasteiger partial charge in [0.05, 0.1) is 11.4 Å². The summed E-state index contributed by atoms with van der Waals surface area (Å²) in [5, 5.41) is 4.81. The zero-order valence-electron chi connectivity index (χ0n) is 17.6. The van der Waals surface area contributed by atoms with Gasteiger partial charge < -0.3 is 4.90 Å². The average molecular weight is 381 g/mol. The molecule has 3 aliphatic rings. The standard InChI is InChI=1S/C22H32N6/c1-14(2)28-16(4)19(15(3)25-28)13-27-17-7-8-21(27)18-12-23-22(24-20(18)11-17)26-9-5-6-10-26/h12,14,17,21H,5-11,13H2,1-4H3/t17-,21-/m0/s1. The highest BCUT2D eigenvalue weighted by Crippen LogP contribution is 2.44. The number of aromatic nitrogens is 4. The van der Waals surface area contributed by atoms with Crippen LogP contribution in [0.5, 0.6) is 0 Å². The Bertz CT molecular complexity index is 879. The molecule has 0 amide bonds. The lowest BCUT2D eigenvalue weighted by atomic mass is 9.98. The number of rotatable bonds is 4. The van der Waals surface area contributed by atoms with E-state index in [-0.39, 0.29) is 0 Å². The molecule has 0 N–H and O–H groups in total. The number of anilines is 1. The van der Waals surface area contributed by atoms with Crippen molar-refractivity contribution in [3.05, 3.63) is 34.4 Å². The van der Waals surface area contributed by atoms with Gasteiger partial charge in [-0.25, -0.2) is 9.97 Å². The number of nitrogens with zero attached hydrogens (tertiary/aromatic N) is 6. The predicted octanol–water partition coefficient (Wildman–Crippen LogP) is 3.73. The van der Waals surface area contributed by atoms with E-state index in [1.54, 1.807) is 0 Å². The van der Waals surface area contributed by atoms with Crippen molar-refractivity contribution in [2.45, 2.75) is 84.5 Å². The van der Waals surface area contributed by atoms with Crippen LogP contribution in [0.15, 0.2) is 6.20 Å². The predicted molar refractivity (Wildman–Crippen MR) is 111 cm³/mol. The Labute approximate surface area is 168 Å². The lowest BCUT2D eigenvalue weighted by Gasteiger charge is -2.36. The van der Waals surface area contributed by atoms with Crippen LogP contribution >= 0.6 is 0 Å². The highest BCUT2D eigenvalue weighted by atomic mass is 15.3. The molecule has 5 rings (SSSR count). The van der Waals surface area contributed by atoms with Crippen LogP contribution in [-0.2, 0) is 13.0 Å². The van der Waals surface area contributed by atoms with Gasteiger partial charge in [0, 0.05) is 67.2 Å². The van der Waals surface area contributed by atoms with Crippen LogP contribution in [0, 0.1) is 13.8 Å². The molecule has 150 valence electrons. The molecule has 0 aromatic carbocycles. The van der Waals surface area contributed by atoms with E-state index in [1.165, 1.54) is 53.9 Å². The lowest BCUT2D eigenvalue weighted by molar-refractivity contribution is 0.165. The Morgan fingerprint density at radius 3 is 2.64 bits per heavy atom. The van der Waals surface area contributed by atoms with Crippen LogP contribution < -0.4 is 4.90 Å². The van der Waals surface area contributed by atoms with Crippen molar-refractivity contribution in [1.82, 2.24) is 24.6 Å². The molecule has 2 saturated heterocycles. The maximum absolute atomic E-state index is 5.01. The van der Waals surface area contributed by atoms with Crippen molar-refractivity contribution in [2.24, 2.45) is 0 Å². The highest BCUT2D eigenvalue weighted by Gasteiger charge is 2.41. The van der Waals surface area contributed by atoms with E-state index >= 15 is 0 Å². The van der Waals surface area contributed by atoms with Crippen molar-refractivity contribution in [2.75, 3.05) is 18.0 Å². The molecule has 0 unspecified atom stereocenters. The molecule has 6 nitrogen and oxygen atoms in total. The summed E-state index contributed by atoms with van der Waals surface area (Å²) in [6, 6.07) is 1.46.